The van der Waals surface area contributed by atoms with Gasteiger partial charge in [0.1, 0.15) is 0 Å². The van der Waals surface area contributed by atoms with Crippen LogP contribution in [0.2, 0.25) is 0 Å². The quantitative estimate of drug-likeness (QED) is 0.536. The summed E-state index contributed by atoms with van der Waals surface area (Å²) < 4.78 is 2.13. The van der Waals surface area contributed by atoms with Crippen LogP contribution in [0.4, 0.5) is 0 Å². The molecule has 3 rings (SSSR count). The first-order valence-corrected chi connectivity index (χ1v) is 4.55. The molecule has 1 unspecified atom stereocenters. The lowest BCUT2D eigenvalue weighted by Crippen LogP contribution is -2.30. The second-order valence-corrected chi connectivity index (χ2v) is 3.56. The molecular weight excluding hydrogens is 159 g/mol. The monoisotopic (exact) mass is 169 g/mol. The second kappa shape index (κ2) is 2.31. The van der Waals surface area contributed by atoms with E-state index < -0.39 is 0 Å². The van der Waals surface area contributed by atoms with E-state index in [2.05, 4.69) is 60.4 Å². The van der Waals surface area contributed by atoms with Crippen LogP contribution in [-0.4, -0.2) is 16.8 Å². The van der Waals surface area contributed by atoms with Gasteiger partial charge in [0.15, 0.2) is 0 Å². The third kappa shape index (κ3) is 0.901. The molecule has 1 aromatic heterocycles. The summed E-state index contributed by atoms with van der Waals surface area (Å²) in [4.78, 5) is 2.18. The summed E-state index contributed by atoms with van der Waals surface area (Å²) in [6.07, 6.45) is 8.65. The molecule has 2 nitrogen and oxygen atoms in total. The number of aromatic nitrogens is 1. The number of rotatable bonds is 0. The van der Waals surface area contributed by atoms with Crippen molar-refractivity contribution in [2.75, 3.05) is 0 Å². The highest BCUT2D eigenvalue weighted by Gasteiger charge is 2.24. The molecule has 0 saturated heterocycles. The van der Waals surface area contributed by atoms with Crippen LogP contribution >= 0.6 is 0 Å². The molecule has 13 heavy (non-hydrogen) atoms. The van der Waals surface area contributed by atoms with E-state index in [1.807, 2.05) is 0 Å². The number of allylic oxidation sites excluding steroid dienone is 1. The molecule has 1 atom stereocenters. The minimum Gasteiger partial charge on any atom is -0.378 e. The second-order valence-electron chi connectivity index (χ2n) is 3.56. The van der Waals surface area contributed by atoms with Crippen LogP contribution in [0.15, 0.2) is 36.3 Å². The van der Waals surface area contributed by atoms with E-state index in [0.29, 0.717) is 5.92 Å². The molecule has 63 valence electrons. The Bertz CT molecular complexity index is 403. The summed E-state index contributed by atoms with van der Waals surface area (Å²) in [6.45, 7) is 2.22. The Hall–Kier alpha value is -1.38. The van der Waals surface area contributed by atoms with Gasteiger partial charge in [-0.15, -0.1) is 0 Å². The van der Waals surface area contributed by atoms with Crippen LogP contribution in [0.1, 0.15) is 12.6 Å². The van der Waals surface area contributed by atoms with E-state index in [-0.39, 0.29) is 0 Å². The van der Waals surface area contributed by atoms with Gasteiger partial charge in [0.25, 0.3) is 0 Å². The van der Waals surface area contributed by atoms with Gasteiger partial charge in [0, 0.05) is 17.3 Å². The van der Waals surface area contributed by atoms with E-state index in [4.69, 9.17) is 0 Å². The van der Waals surface area contributed by atoms with E-state index in [1.165, 1.54) is 11.4 Å². The van der Waals surface area contributed by atoms with Crippen LogP contribution in [0.25, 0.3) is 6.08 Å². The largest absolute Gasteiger partial charge is 0.400 e. The fraction of sp³-hybridized carbons (Fsp3) is 0.200. The first-order valence-electron chi connectivity index (χ1n) is 4.55. The summed E-state index contributed by atoms with van der Waals surface area (Å²) in [5.41, 5.74) is 2.63. The Labute approximate surface area is 78.4 Å². The van der Waals surface area contributed by atoms with Crippen molar-refractivity contribution in [2.45, 2.75) is 6.92 Å². The molecule has 1 aromatic rings. The zero-order chi connectivity index (χ0) is 8.84. The van der Waals surface area contributed by atoms with Gasteiger partial charge in [-0.3, -0.25) is 0 Å². The molecule has 0 saturated carbocycles. The molecule has 0 amide bonds. The summed E-state index contributed by atoms with van der Waals surface area (Å²) in [6, 6.07) is 4.20. The van der Waals surface area contributed by atoms with Gasteiger partial charge in [0.05, 0.1) is 0 Å². The van der Waals surface area contributed by atoms with Crippen molar-refractivity contribution in [3.05, 3.63) is 42.0 Å². The van der Waals surface area contributed by atoms with Crippen molar-refractivity contribution in [3.63, 3.8) is 0 Å². The van der Waals surface area contributed by atoms with Crippen molar-refractivity contribution >= 4 is 13.6 Å². The molecule has 2 aliphatic heterocycles. The summed E-state index contributed by atoms with van der Waals surface area (Å²) in [5.74, 6) is 0.542. The number of hydrogen-bond acceptors (Lipinski definition) is 1. The normalized spacial score (nSPS) is 23.6. The van der Waals surface area contributed by atoms with Crippen molar-refractivity contribution in [1.29, 1.82) is 0 Å². The van der Waals surface area contributed by atoms with Crippen LogP contribution < -0.4 is 0 Å². The first-order chi connectivity index (χ1) is 6.34. The van der Waals surface area contributed by atoms with Gasteiger partial charge in [-0.2, -0.15) is 0 Å². The zero-order valence-electron chi connectivity index (χ0n) is 7.51. The molecule has 2 aliphatic rings. The molecule has 0 fully saturated rings. The van der Waals surface area contributed by atoms with Gasteiger partial charge in [-0.25, -0.2) is 0 Å². The Morgan fingerprint density at radius 2 is 2.38 bits per heavy atom. The molecule has 0 aromatic carbocycles. The number of fused-ring (bicyclic) bond motifs is 2. The third-order valence-corrected chi connectivity index (χ3v) is 2.66. The van der Waals surface area contributed by atoms with E-state index >= 15 is 0 Å². The van der Waals surface area contributed by atoms with Crippen LogP contribution in [0.5, 0.6) is 0 Å². The predicted molar refractivity (Wildman–Crippen MR) is 53.7 cm³/mol. The minimum absolute atomic E-state index is 0.542. The molecule has 0 N–H and O–H groups in total. The average Bonchev–Trinajstić information content (AvgIpc) is 2.70. The summed E-state index contributed by atoms with van der Waals surface area (Å²) >= 11 is 0. The van der Waals surface area contributed by atoms with Crippen molar-refractivity contribution in [2.24, 2.45) is 5.92 Å². The molecule has 3 heteroatoms. The molecule has 0 bridgehead atoms. The summed E-state index contributed by atoms with van der Waals surface area (Å²) in [7, 11) is 2.12. The van der Waals surface area contributed by atoms with Gasteiger partial charge < -0.3 is 9.29 Å². The van der Waals surface area contributed by atoms with Crippen LogP contribution in [-0.2, 0) is 0 Å². The topological polar surface area (TPSA) is 8.17 Å². The third-order valence-electron chi connectivity index (χ3n) is 2.66. The van der Waals surface area contributed by atoms with Crippen LogP contribution in [0, 0.1) is 5.92 Å². The highest BCUT2D eigenvalue weighted by atomic mass is 15.2. The van der Waals surface area contributed by atoms with Crippen LogP contribution in [0.3, 0.4) is 0 Å². The molecule has 0 aliphatic carbocycles. The lowest BCUT2D eigenvalue weighted by molar-refractivity contribution is 0.666. The lowest BCUT2D eigenvalue weighted by atomic mass is 9.99. The molecule has 0 spiro atoms. The van der Waals surface area contributed by atoms with Crippen molar-refractivity contribution in [3.8, 4) is 0 Å². The van der Waals surface area contributed by atoms with Gasteiger partial charge >= 0.3 is 7.55 Å². The van der Waals surface area contributed by atoms with E-state index in [1.54, 1.807) is 0 Å². The fourth-order valence-corrected chi connectivity index (χ4v) is 1.87. The van der Waals surface area contributed by atoms with E-state index in [9.17, 15) is 0 Å². The minimum atomic E-state index is 0.542. The molecule has 3 heterocycles. The predicted octanol–water partition coefficient (Wildman–Crippen LogP) is 1.69. The smallest absolute Gasteiger partial charge is 0.378 e. The maximum Gasteiger partial charge on any atom is 0.400 e. The number of nitrogens with zero attached hydrogens (tertiary/aromatic N) is 2. The highest BCUT2D eigenvalue weighted by Crippen LogP contribution is 2.29. The molecule has 1 radical (unpaired) electrons. The van der Waals surface area contributed by atoms with Gasteiger partial charge in [-0.1, -0.05) is 13.0 Å². The van der Waals surface area contributed by atoms with Crippen molar-refractivity contribution < 1.29 is 0 Å². The zero-order valence-corrected chi connectivity index (χ0v) is 7.51. The Balaban J connectivity index is 2.12. The highest BCUT2D eigenvalue weighted by molar-refractivity contribution is 6.33. The summed E-state index contributed by atoms with van der Waals surface area (Å²) in [5, 5.41) is 0. The maximum absolute atomic E-state index is 2.24. The number of hydrogen-bond donors (Lipinski definition) is 0. The SMILES string of the molecule is CC1C=CN2[B]n3cccc3C=C12. The lowest BCUT2D eigenvalue weighted by Gasteiger charge is -2.25. The van der Waals surface area contributed by atoms with Crippen molar-refractivity contribution in [1.82, 2.24) is 9.29 Å². The Kier molecular flexibility index (Phi) is 1.26. The Morgan fingerprint density at radius 1 is 1.46 bits per heavy atom. The molecular formula is C10H10BN2. The standard InChI is InChI=1S/C10H10BN2/c1-8-4-6-13-10(8)7-9-3-2-5-12(9)11-13/h2-8H,1H3. The maximum atomic E-state index is 2.24. The van der Waals surface area contributed by atoms with Gasteiger partial charge in [-0.05, 0) is 30.6 Å². The van der Waals surface area contributed by atoms with E-state index in [0.717, 1.165) is 0 Å². The average molecular weight is 169 g/mol. The van der Waals surface area contributed by atoms with Gasteiger partial charge in [0.2, 0.25) is 0 Å². The Morgan fingerprint density at radius 3 is 3.31 bits per heavy atom. The first kappa shape index (κ1) is 7.07. The fourth-order valence-electron chi connectivity index (χ4n) is 1.87.